The average molecular weight is 331 g/mol. The summed E-state index contributed by atoms with van der Waals surface area (Å²) in [5.74, 6) is 0.215. The van der Waals surface area contributed by atoms with Crippen LogP contribution >= 0.6 is 0 Å². The van der Waals surface area contributed by atoms with Crippen LogP contribution in [-0.2, 0) is 9.59 Å². The Hall–Kier alpha value is -2.30. The van der Waals surface area contributed by atoms with Gasteiger partial charge >= 0.3 is 5.97 Å². The van der Waals surface area contributed by atoms with Gasteiger partial charge in [-0.25, -0.2) is 0 Å². The third-order valence-corrected chi connectivity index (χ3v) is 4.39. The lowest BCUT2D eigenvalue weighted by atomic mass is 9.93. The van der Waals surface area contributed by atoms with E-state index in [9.17, 15) is 9.59 Å². The SMILES string of the molecule is COc1ccc(C)cc1/C=C/C(=O)N1CCCC(CCC(=O)O)C1. The van der Waals surface area contributed by atoms with Crippen LogP contribution in [0.3, 0.4) is 0 Å². The Morgan fingerprint density at radius 1 is 1.42 bits per heavy atom. The number of likely N-dealkylation sites (tertiary alicyclic amines) is 1. The van der Waals surface area contributed by atoms with Gasteiger partial charge in [-0.2, -0.15) is 0 Å². The fraction of sp³-hybridized carbons (Fsp3) is 0.474. The molecule has 1 N–H and O–H groups in total. The number of amides is 1. The largest absolute Gasteiger partial charge is 0.496 e. The normalized spacial score (nSPS) is 17.9. The van der Waals surface area contributed by atoms with Crippen LogP contribution < -0.4 is 4.74 Å². The molecule has 130 valence electrons. The highest BCUT2D eigenvalue weighted by molar-refractivity contribution is 5.92. The minimum absolute atomic E-state index is 0.0291. The third kappa shape index (κ3) is 5.11. The predicted octanol–water partition coefficient (Wildman–Crippen LogP) is 3.12. The highest BCUT2D eigenvalue weighted by atomic mass is 16.5. The molecule has 0 spiro atoms. The molecule has 1 aliphatic heterocycles. The number of carboxylic acids is 1. The number of benzene rings is 1. The van der Waals surface area contributed by atoms with Crippen LogP contribution in [0.2, 0.25) is 0 Å². The van der Waals surface area contributed by atoms with Crippen molar-refractivity contribution in [2.75, 3.05) is 20.2 Å². The van der Waals surface area contributed by atoms with E-state index in [2.05, 4.69) is 0 Å². The van der Waals surface area contributed by atoms with Crippen molar-refractivity contribution in [1.29, 1.82) is 0 Å². The molecular weight excluding hydrogens is 306 g/mol. The van der Waals surface area contributed by atoms with Crippen molar-refractivity contribution < 1.29 is 19.4 Å². The molecule has 5 heteroatoms. The van der Waals surface area contributed by atoms with Gasteiger partial charge in [0, 0.05) is 31.1 Å². The molecule has 0 bridgehead atoms. The summed E-state index contributed by atoms with van der Waals surface area (Å²) in [7, 11) is 1.61. The maximum Gasteiger partial charge on any atom is 0.303 e. The van der Waals surface area contributed by atoms with Gasteiger partial charge in [0.2, 0.25) is 5.91 Å². The van der Waals surface area contributed by atoms with Crippen molar-refractivity contribution in [3.63, 3.8) is 0 Å². The molecule has 1 heterocycles. The second kappa shape index (κ2) is 8.52. The summed E-state index contributed by atoms with van der Waals surface area (Å²) in [6.07, 6.45) is 6.09. The fourth-order valence-electron chi connectivity index (χ4n) is 3.08. The molecule has 1 amide bonds. The molecule has 1 aromatic carbocycles. The number of aryl methyl sites for hydroxylation is 1. The lowest BCUT2D eigenvalue weighted by Gasteiger charge is -2.32. The first-order valence-electron chi connectivity index (χ1n) is 8.33. The molecular formula is C19H25NO4. The third-order valence-electron chi connectivity index (χ3n) is 4.39. The number of nitrogens with zero attached hydrogens (tertiary/aromatic N) is 1. The molecule has 1 unspecified atom stereocenters. The maximum absolute atomic E-state index is 12.4. The van der Waals surface area contributed by atoms with Gasteiger partial charge < -0.3 is 14.7 Å². The maximum atomic E-state index is 12.4. The Bertz CT molecular complexity index is 624. The highest BCUT2D eigenvalue weighted by Gasteiger charge is 2.22. The molecule has 2 rings (SSSR count). The monoisotopic (exact) mass is 331 g/mol. The minimum Gasteiger partial charge on any atom is -0.496 e. The number of methoxy groups -OCH3 is 1. The molecule has 0 saturated carbocycles. The molecule has 0 aliphatic carbocycles. The predicted molar refractivity (Wildman–Crippen MR) is 92.9 cm³/mol. The van der Waals surface area contributed by atoms with E-state index in [1.807, 2.05) is 30.0 Å². The second-order valence-electron chi connectivity index (χ2n) is 6.30. The number of rotatable bonds is 6. The minimum atomic E-state index is -0.773. The number of hydrogen-bond donors (Lipinski definition) is 1. The number of ether oxygens (including phenoxy) is 1. The Morgan fingerprint density at radius 3 is 2.92 bits per heavy atom. The molecule has 1 fully saturated rings. The average Bonchev–Trinajstić information content (AvgIpc) is 2.58. The van der Waals surface area contributed by atoms with Crippen LogP contribution in [0.1, 0.15) is 36.8 Å². The first-order chi connectivity index (χ1) is 11.5. The van der Waals surface area contributed by atoms with Gasteiger partial charge in [-0.3, -0.25) is 9.59 Å². The second-order valence-corrected chi connectivity index (χ2v) is 6.30. The highest BCUT2D eigenvalue weighted by Crippen LogP contribution is 2.23. The van der Waals surface area contributed by atoms with E-state index < -0.39 is 5.97 Å². The number of hydrogen-bond acceptors (Lipinski definition) is 3. The van der Waals surface area contributed by atoms with Crippen LogP contribution in [-0.4, -0.2) is 42.1 Å². The van der Waals surface area contributed by atoms with Crippen LogP contribution in [0.5, 0.6) is 5.75 Å². The van der Waals surface area contributed by atoms with Crippen molar-refractivity contribution in [3.05, 3.63) is 35.4 Å². The number of carbonyl (C=O) groups is 2. The van der Waals surface area contributed by atoms with E-state index in [0.717, 1.165) is 36.3 Å². The first-order valence-corrected chi connectivity index (χ1v) is 8.33. The Kier molecular flexibility index (Phi) is 6.41. The molecule has 0 aromatic heterocycles. The fourth-order valence-corrected chi connectivity index (χ4v) is 3.08. The summed E-state index contributed by atoms with van der Waals surface area (Å²) in [4.78, 5) is 24.9. The zero-order valence-electron chi connectivity index (χ0n) is 14.3. The smallest absolute Gasteiger partial charge is 0.303 e. The van der Waals surface area contributed by atoms with Crippen molar-refractivity contribution >= 4 is 18.0 Å². The van der Waals surface area contributed by atoms with Crippen molar-refractivity contribution in [2.24, 2.45) is 5.92 Å². The number of aliphatic carboxylic acids is 1. The van der Waals surface area contributed by atoms with E-state index in [4.69, 9.17) is 9.84 Å². The van der Waals surface area contributed by atoms with Crippen LogP contribution in [0.15, 0.2) is 24.3 Å². The molecule has 1 atom stereocenters. The molecule has 1 aromatic rings. The molecule has 5 nitrogen and oxygen atoms in total. The quantitative estimate of drug-likeness (QED) is 0.813. The van der Waals surface area contributed by atoms with Gasteiger partial charge in [0.25, 0.3) is 0 Å². The summed E-state index contributed by atoms with van der Waals surface area (Å²) in [5.41, 5.74) is 1.99. The van der Waals surface area contributed by atoms with E-state index in [0.29, 0.717) is 13.0 Å². The summed E-state index contributed by atoms with van der Waals surface area (Å²) in [5, 5.41) is 8.80. The first kappa shape index (κ1) is 18.0. The van der Waals surface area contributed by atoms with Crippen molar-refractivity contribution in [2.45, 2.75) is 32.6 Å². The molecule has 24 heavy (non-hydrogen) atoms. The number of piperidine rings is 1. The van der Waals surface area contributed by atoms with Crippen LogP contribution in [0, 0.1) is 12.8 Å². The zero-order valence-corrected chi connectivity index (χ0v) is 14.3. The Balaban J connectivity index is 1.98. The van der Waals surface area contributed by atoms with Gasteiger partial charge in [-0.1, -0.05) is 11.6 Å². The van der Waals surface area contributed by atoms with E-state index in [1.165, 1.54) is 0 Å². The summed E-state index contributed by atoms with van der Waals surface area (Å²) < 4.78 is 5.32. The zero-order chi connectivity index (χ0) is 17.5. The Morgan fingerprint density at radius 2 is 2.21 bits per heavy atom. The standard InChI is InChI=1S/C19H25NO4/c1-14-5-8-17(24-2)16(12-14)7-9-18(21)20-11-3-4-15(13-20)6-10-19(22)23/h5,7-9,12,15H,3-4,6,10-11,13H2,1-2H3,(H,22,23)/b9-7+. The van der Waals surface area contributed by atoms with E-state index in [-0.39, 0.29) is 18.2 Å². The van der Waals surface area contributed by atoms with E-state index in [1.54, 1.807) is 19.3 Å². The van der Waals surface area contributed by atoms with Gasteiger partial charge in [0.1, 0.15) is 5.75 Å². The topological polar surface area (TPSA) is 66.8 Å². The number of carboxylic acid groups (broad SMARTS) is 1. The lowest BCUT2D eigenvalue weighted by Crippen LogP contribution is -2.39. The summed E-state index contributed by atoms with van der Waals surface area (Å²) in [6, 6.07) is 5.84. The van der Waals surface area contributed by atoms with Gasteiger partial charge in [0.05, 0.1) is 7.11 Å². The molecule has 1 aliphatic rings. The lowest BCUT2D eigenvalue weighted by molar-refractivity contribution is -0.137. The molecule has 0 radical (unpaired) electrons. The van der Waals surface area contributed by atoms with Gasteiger partial charge in [-0.15, -0.1) is 0 Å². The number of carbonyl (C=O) groups excluding carboxylic acids is 1. The van der Waals surface area contributed by atoms with Crippen molar-refractivity contribution in [1.82, 2.24) is 4.90 Å². The molecule has 1 saturated heterocycles. The van der Waals surface area contributed by atoms with Crippen LogP contribution in [0.25, 0.3) is 6.08 Å². The van der Waals surface area contributed by atoms with E-state index >= 15 is 0 Å². The van der Waals surface area contributed by atoms with Gasteiger partial charge in [-0.05, 0) is 50.3 Å². The van der Waals surface area contributed by atoms with Crippen molar-refractivity contribution in [3.8, 4) is 5.75 Å². The Labute approximate surface area is 142 Å². The summed E-state index contributed by atoms with van der Waals surface area (Å²) >= 11 is 0. The van der Waals surface area contributed by atoms with Gasteiger partial charge in [0.15, 0.2) is 0 Å². The van der Waals surface area contributed by atoms with Crippen LogP contribution in [0.4, 0.5) is 0 Å². The summed E-state index contributed by atoms with van der Waals surface area (Å²) in [6.45, 7) is 3.37.